The molecule has 0 spiro atoms. The maximum atomic E-state index is 12.6. The molecule has 0 N–H and O–H groups in total. The highest BCUT2D eigenvalue weighted by Crippen LogP contribution is 2.25. The van der Waals surface area contributed by atoms with Crippen LogP contribution in [0.1, 0.15) is 36.0 Å². The van der Waals surface area contributed by atoms with Crippen LogP contribution in [0, 0.1) is 0 Å². The Labute approximate surface area is 151 Å². The molecule has 0 aliphatic carbocycles. The van der Waals surface area contributed by atoms with Gasteiger partial charge in [0.1, 0.15) is 5.75 Å². The van der Waals surface area contributed by atoms with Crippen molar-refractivity contribution in [2.24, 2.45) is 4.99 Å². The first kappa shape index (κ1) is 18.5. The molecule has 0 atom stereocenters. The molecule has 0 aliphatic rings. The number of nitrogens with zero attached hydrogens (tertiary/aromatic N) is 2. The average molecular weight is 365 g/mol. The summed E-state index contributed by atoms with van der Waals surface area (Å²) >= 11 is 7.50. The van der Waals surface area contributed by atoms with E-state index >= 15 is 0 Å². The van der Waals surface area contributed by atoms with Gasteiger partial charge in [-0.15, -0.1) is 17.9 Å². The number of amides is 1. The van der Waals surface area contributed by atoms with Crippen LogP contribution in [-0.4, -0.2) is 17.6 Å². The van der Waals surface area contributed by atoms with Crippen LogP contribution in [0.3, 0.4) is 0 Å². The lowest BCUT2D eigenvalue weighted by molar-refractivity contribution is 0.0995. The zero-order valence-corrected chi connectivity index (χ0v) is 15.9. The summed E-state index contributed by atoms with van der Waals surface area (Å²) in [5.41, 5.74) is 0.332. The first-order valence-electron chi connectivity index (χ1n) is 7.50. The fourth-order valence-electron chi connectivity index (χ4n) is 2.08. The van der Waals surface area contributed by atoms with Gasteiger partial charge in [0.2, 0.25) is 0 Å². The van der Waals surface area contributed by atoms with E-state index in [1.165, 1.54) is 18.4 Å². The van der Waals surface area contributed by atoms with E-state index in [1.54, 1.807) is 24.3 Å². The van der Waals surface area contributed by atoms with Crippen molar-refractivity contribution in [2.45, 2.75) is 32.7 Å². The predicted molar refractivity (Wildman–Crippen MR) is 99.1 cm³/mol. The molecule has 2 rings (SSSR count). The number of carbonyl (C=O) groups is 1. The lowest BCUT2D eigenvalue weighted by Crippen LogP contribution is -2.15. The van der Waals surface area contributed by atoms with Crippen molar-refractivity contribution in [3.05, 3.63) is 57.3 Å². The second-order valence-electron chi connectivity index (χ2n) is 6.33. The largest absolute Gasteiger partial charge is 0.496 e. The second-order valence-corrected chi connectivity index (χ2v) is 7.78. The number of methoxy groups -OCH3 is 1. The van der Waals surface area contributed by atoms with E-state index in [2.05, 4.69) is 32.3 Å². The normalized spacial score (nSPS) is 12.3. The number of rotatable bonds is 4. The second kappa shape index (κ2) is 7.36. The number of hydrogen-bond donors (Lipinski definition) is 0. The van der Waals surface area contributed by atoms with Gasteiger partial charge in [-0.25, -0.2) is 0 Å². The molecule has 0 unspecified atom stereocenters. The Morgan fingerprint density at radius 2 is 2.17 bits per heavy atom. The molecular formula is C18H21ClN2O2S. The van der Waals surface area contributed by atoms with E-state index < -0.39 is 0 Å². The summed E-state index contributed by atoms with van der Waals surface area (Å²) in [6, 6.07) is 4.91. The molecule has 4 nitrogen and oxygen atoms in total. The Morgan fingerprint density at radius 3 is 2.75 bits per heavy atom. The molecule has 0 aliphatic heterocycles. The summed E-state index contributed by atoms with van der Waals surface area (Å²) in [6.07, 6.45) is 3.80. The molecule has 0 saturated heterocycles. The molecule has 2 aromatic rings. The van der Waals surface area contributed by atoms with Gasteiger partial charge in [-0.3, -0.25) is 4.79 Å². The van der Waals surface area contributed by atoms with E-state index in [1.807, 2.05) is 10.8 Å². The highest BCUT2D eigenvalue weighted by molar-refractivity contribution is 7.09. The van der Waals surface area contributed by atoms with Crippen LogP contribution in [0.15, 0.2) is 42.0 Å². The highest BCUT2D eigenvalue weighted by Gasteiger charge is 2.18. The Morgan fingerprint density at radius 1 is 1.46 bits per heavy atom. The lowest BCUT2D eigenvalue weighted by Gasteiger charge is -2.14. The van der Waals surface area contributed by atoms with E-state index in [0.29, 0.717) is 27.7 Å². The van der Waals surface area contributed by atoms with Gasteiger partial charge in [0.25, 0.3) is 5.91 Å². The fourth-order valence-corrected chi connectivity index (χ4v) is 3.31. The summed E-state index contributed by atoms with van der Waals surface area (Å²) in [5.74, 6) is 0.0745. The summed E-state index contributed by atoms with van der Waals surface area (Å²) in [4.78, 5) is 18.7. The van der Waals surface area contributed by atoms with Crippen molar-refractivity contribution < 1.29 is 9.53 Å². The molecule has 6 heteroatoms. The molecule has 0 bridgehead atoms. The number of carbonyl (C=O) groups excluding carboxylic acids is 1. The Kier molecular flexibility index (Phi) is 5.67. The Bertz CT molecular complexity index is 828. The van der Waals surface area contributed by atoms with E-state index in [0.717, 1.165) is 4.88 Å². The molecule has 24 heavy (non-hydrogen) atoms. The number of aromatic nitrogens is 1. The summed E-state index contributed by atoms with van der Waals surface area (Å²) < 4.78 is 7.16. The maximum absolute atomic E-state index is 12.6. The summed E-state index contributed by atoms with van der Waals surface area (Å²) in [7, 11) is 1.51. The smallest absolute Gasteiger partial charge is 0.283 e. The van der Waals surface area contributed by atoms with Crippen molar-refractivity contribution in [2.75, 3.05) is 7.11 Å². The fraction of sp³-hybridized carbons (Fsp3) is 0.333. The number of halogens is 1. The molecule has 1 amide bonds. The quantitative estimate of drug-likeness (QED) is 0.753. The highest BCUT2D eigenvalue weighted by atomic mass is 35.5. The summed E-state index contributed by atoms with van der Waals surface area (Å²) in [6.45, 7) is 10.7. The number of ether oxygens (including phenoxy) is 1. The van der Waals surface area contributed by atoms with Gasteiger partial charge in [0.15, 0.2) is 4.80 Å². The van der Waals surface area contributed by atoms with Gasteiger partial charge in [-0.2, -0.15) is 4.99 Å². The van der Waals surface area contributed by atoms with Gasteiger partial charge >= 0.3 is 0 Å². The Balaban J connectivity index is 2.54. The van der Waals surface area contributed by atoms with Gasteiger partial charge < -0.3 is 9.30 Å². The van der Waals surface area contributed by atoms with Crippen LogP contribution >= 0.6 is 22.9 Å². The topological polar surface area (TPSA) is 43.6 Å². The van der Waals surface area contributed by atoms with Crippen LogP contribution in [-0.2, 0) is 12.0 Å². The first-order valence-corrected chi connectivity index (χ1v) is 8.70. The van der Waals surface area contributed by atoms with Crippen LogP contribution < -0.4 is 9.54 Å². The van der Waals surface area contributed by atoms with E-state index in [4.69, 9.17) is 16.3 Å². The molecule has 0 fully saturated rings. The third-order valence-electron chi connectivity index (χ3n) is 3.37. The minimum Gasteiger partial charge on any atom is -0.496 e. The monoisotopic (exact) mass is 364 g/mol. The van der Waals surface area contributed by atoms with Crippen molar-refractivity contribution >= 4 is 28.8 Å². The van der Waals surface area contributed by atoms with Crippen LogP contribution in [0.2, 0.25) is 5.02 Å². The zero-order chi connectivity index (χ0) is 17.9. The van der Waals surface area contributed by atoms with Crippen molar-refractivity contribution in [1.29, 1.82) is 0 Å². The Hall–Kier alpha value is -1.85. The SMILES string of the molecule is C=CCn1cc(C(C)(C)C)sc1=NC(=O)c1cc(Cl)ccc1OC. The lowest BCUT2D eigenvalue weighted by atomic mass is 9.95. The van der Waals surface area contributed by atoms with Crippen molar-refractivity contribution in [1.82, 2.24) is 4.57 Å². The van der Waals surface area contributed by atoms with Gasteiger partial charge in [-0.1, -0.05) is 38.4 Å². The predicted octanol–water partition coefficient (Wildman–Crippen LogP) is 4.44. The number of allylic oxidation sites excluding steroid dienone is 1. The molecule has 1 aromatic heterocycles. The van der Waals surface area contributed by atoms with Gasteiger partial charge in [0.05, 0.1) is 12.7 Å². The van der Waals surface area contributed by atoms with Crippen molar-refractivity contribution in [3.8, 4) is 5.75 Å². The van der Waals surface area contributed by atoms with Crippen LogP contribution in [0.25, 0.3) is 0 Å². The number of hydrogen-bond acceptors (Lipinski definition) is 3. The minimum absolute atomic E-state index is 0.0157. The molecular weight excluding hydrogens is 344 g/mol. The van der Waals surface area contributed by atoms with E-state index in [-0.39, 0.29) is 11.3 Å². The number of benzene rings is 1. The maximum Gasteiger partial charge on any atom is 0.283 e. The molecule has 1 aromatic carbocycles. The number of thiazole rings is 1. The third kappa shape index (κ3) is 4.16. The third-order valence-corrected chi connectivity index (χ3v) is 5.06. The molecule has 0 radical (unpaired) electrons. The summed E-state index contributed by atoms with van der Waals surface area (Å²) in [5, 5.41) is 0.467. The molecule has 0 saturated carbocycles. The minimum atomic E-state index is -0.380. The van der Waals surface area contributed by atoms with Crippen molar-refractivity contribution in [3.63, 3.8) is 0 Å². The molecule has 1 heterocycles. The van der Waals surface area contributed by atoms with Crippen LogP contribution in [0.5, 0.6) is 5.75 Å². The van der Waals surface area contributed by atoms with Gasteiger partial charge in [-0.05, 0) is 23.6 Å². The zero-order valence-electron chi connectivity index (χ0n) is 14.3. The van der Waals surface area contributed by atoms with E-state index in [9.17, 15) is 4.79 Å². The van der Waals surface area contributed by atoms with Gasteiger partial charge in [0, 0.05) is 22.6 Å². The molecule has 128 valence electrons. The average Bonchev–Trinajstić information content (AvgIpc) is 2.90. The standard InChI is InChI=1S/C18H21ClN2O2S/c1-6-9-21-11-15(18(2,3)4)24-17(21)20-16(22)13-10-12(19)7-8-14(13)23-5/h6-8,10-11H,1,9H2,2-5H3. The first-order chi connectivity index (χ1) is 11.3. The van der Waals surface area contributed by atoms with Crippen LogP contribution in [0.4, 0.5) is 0 Å².